The van der Waals surface area contributed by atoms with Gasteiger partial charge in [0.1, 0.15) is 11.2 Å². The number of hydrogen-bond donors (Lipinski definition) is 3. The largest absolute Gasteiger partial charge is 0.493 e. The van der Waals surface area contributed by atoms with Crippen LogP contribution in [0.25, 0.3) is 21.8 Å². The molecule has 0 fully saturated rings. The molecular formula is C22H23N5O3S. The van der Waals surface area contributed by atoms with Crippen molar-refractivity contribution in [2.45, 2.75) is 11.7 Å². The van der Waals surface area contributed by atoms with Gasteiger partial charge in [0.25, 0.3) is 5.91 Å². The SMILES string of the molecule is COc1cc2nc(SC)n(CCNC(=O)c3cc4ccccc4[nH]3)c(=N)c2cc1OC. The molecule has 0 aliphatic heterocycles. The van der Waals surface area contributed by atoms with Gasteiger partial charge in [-0.3, -0.25) is 10.2 Å². The van der Waals surface area contributed by atoms with E-state index in [1.165, 1.54) is 11.8 Å². The second-order valence-corrected chi connectivity index (χ2v) is 7.62. The molecule has 0 bridgehead atoms. The number of thioether (sulfide) groups is 1. The number of nitrogens with one attached hydrogen (secondary N) is 3. The van der Waals surface area contributed by atoms with Crippen LogP contribution in [0.15, 0.2) is 47.6 Å². The van der Waals surface area contributed by atoms with Gasteiger partial charge in [0.15, 0.2) is 16.7 Å². The predicted molar refractivity (Wildman–Crippen MR) is 121 cm³/mol. The van der Waals surface area contributed by atoms with Gasteiger partial charge in [-0.1, -0.05) is 30.0 Å². The first-order valence-electron chi connectivity index (χ1n) is 9.66. The minimum Gasteiger partial charge on any atom is -0.493 e. The van der Waals surface area contributed by atoms with Crippen LogP contribution in [0.5, 0.6) is 11.5 Å². The quantitative estimate of drug-likeness (QED) is 0.304. The molecule has 0 radical (unpaired) electrons. The van der Waals surface area contributed by atoms with E-state index < -0.39 is 0 Å². The molecule has 2 aromatic carbocycles. The highest BCUT2D eigenvalue weighted by Crippen LogP contribution is 2.30. The number of fused-ring (bicyclic) bond motifs is 2. The number of benzene rings is 2. The molecule has 2 aromatic heterocycles. The van der Waals surface area contributed by atoms with E-state index in [4.69, 9.17) is 14.9 Å². The van der Waals surface area contributed by atoms with Crippen LogP contribution >= 0.6 is 11.8 Å². The van der Waals surface area contributed by atoms with Crippen molar-refractivity contribution >= 4 is 39.5 Å². The van der Waals surface area contributed by atoms with Gasteiger partial charge in [-0.2, -0.15) is 0 Å². The molecule has 9 heteroatoms. The summed E-state index contributed by atoms with van der Waals surface area (Å²) < 4.78 is 12.5. The van der Waals surface area contributed by atoms with E-state index in [0.29, 0.717) is 51.8 Å². The average Bonchev–Trinajstić information content (AvgIpc) is 3.24. The fraction of sp³-hybridized carbons (Fsp3) is 0.227. The number of methoxy groups -OCH3 is 2. The molecule has 0 atom stereocenters. The molecule has 8 nitrogen and oxygen atoms in total. The van der Waals surface area contributed by atoms with Gasteiger partial charge in [0.2, 0.25) is 0 Å². The third-order valence-electron chi connectivity index (χ3n) is 5.05. The summed E-state index contributed by atoms with van der Waals surface area (Å²) in [5.74, 6) is 0.923. The third kappa shape index (κ3) is 3.96. The predicted octanol–water partition coefficient (Wildman–Crippen LogP) is 3.17. The van der Waals surface area contributed by atoms with Gasteiger partial charge in [0, 0.05) is 35.4 Å². The maximum atomic E-state index is 12.6. The zero-order valence-electron chi connectivity index (χ0n) is 17.5. The Morgan fingerprint density at radius 3 is 2.65 bits per heavy atom. The molecule has 2 heterocycles. The lowest BCUT2D eigenvalue weighted by Crippen LogP contribution is -2.32. The molecule has 160 valence electrons. The Hall–Kier alpha value is -3.46. The summed E-state index contributed by atoms with van der Waals surface area (Å²) in [5, 5.41) is 13.9. The second kappa shape index (κ2) is 8.73. The zero-order chi connectivity index (χ0) is 22.0. The molecule has 31 heavy (non-hydrogen) atoms. The fourth-order valence-corrected chi connectivity index (χ4v) is 4.08. The molecule has 0 unspecified atom stereocenters. The number of para-hydroxylation sites is 1. The van der Waals surface area contributed by atoms with Gasteiger partial charge in [0.05, 0.1) is 19.7 Å². The summed E-state index contributed by atoms with van der Waals surface area (Å²) in [6.07, 6.45) is 1.91. The lowest BCUT2D eigenvalue weighted by atomic mass is 10.2. The monoisotopic (exact) mass is 437 g/mol. The van der Waals surface area contributed by atoms with Gasteiger partial charge < -0.3 is 24.3 Å². The van der Waals surface area contributed by atoms with Crippen molar-refractivity contribution in [3.05, 3.63) is 53.6 Å². The Morgan fingerprint density at radius 1 is 1.19 bits per heavy atom. The van der Waals surface area contributed by atoms with E-state index in [-0.39, 0.29) is 5.91 Å². The van der Waals surface area contributed by atoms with Gasteiger partial charge in [-0.15, -0.1) is 0 Å². The van der Waals surface area contributed by atoms with Crippen molar-refractivity contribution in [2.75, 3.05) is 27.0 Å². The maximum absolute atomic E-state index is 12.6. The summed E-state index contributed by atoms with van der Waals surface area (Å²) in [7, 11) is 3.13. The van der Waals surface area contributed by atoms with Crippen LogP contribution in [0.2, 0.25) is 0 Å². The van der Waals surface area contributed by atoms with E-state index in [2.05, 4.69) is 15.3 Å². The van der Waals surface area contributed by atoms with E-state index in [1.54, 1.807) is 30.9 Å². The van der Waals surface area contributed by atoms with E-state index in [1.807, 2.05) is 36.6 Å². The van der Waals surface area contributed by atoms with Crippen molar-refractivity contribution in [2.24, 2.45) is 0 Å². The highest BCUT2D eigenvalue weighted by atomic mass is 32.2. The topological polar surface area (TPSA) is 105 Å². The van der Waals surface area contributed by atoms with Gasteiger partial charge in [-0.25, -0.2) is 4.98 Å². The zero-order valence-corrected chi connectivity index (χ0v) is 18.3. The summed E-state index contributed by atoms with van der Waals surface area (Å²) >= 11 is 1.45. The molecule has 0 saturated heterocycles. The van der Waals surface area contributed by atoms with Crippen LogP contribution in [-0.4, -0.2) is 47.5 Å². The first kappa shape index (κ1) is 20.8. The lowest BCUT2D eigenvalue weighted by Gasteiger charge is -2.15. The molecule has 1 amide bonds. The number of hydrogen-bond acceptors (Lipinski definition) is 6. The Morgan fingerprint density at radius 2 is 1.94 bits per heavy atom. The first-order valence-corrected chi connectivity index (χ1v) is 10.9. The van der Waals surface area contributed by atoms with Crippen LogP contribution in [0, 0.1) is 5.41 Å². The standard InChI is InChI=1S/C22H23N5O3S/c1-29-18-11-14-16(12-19(18)30-2)26-22(31-3)27(20(14)23)9-8-24-21(28)17-10-13-6-4-5-7-15(13)25-17/h4-7,10-12,23,25H,8-9H2,1-3H3,(H,24,28). The highest BCUT2D eigenvalue weighted by Gasteiger charge is 2.14. The fourth-order valence-electron chi connectivity index (χ4n) is 3.49. The molecular weight excluding hydrogens is 414 g/mol. The van der Waals surface area contributed by atoms with Crippen LogP contribution in [0.3, 0.4) is 0 Å². The summed E-state index contributed by atoms with van der Waals surface area (Å²) in [6, 6.07) is 13.1. The van der Waals surface area contributed by atoms with Crippen LogP contribution in [-0.2, 0) is 6.54 Å². The Labute approximate surface area is 183 Å². The number of carbonyl (C=O) groups is 1. The summed E-state index contributed by atoms with van der Waals surface area (Å²) in [6.45, 7) is 0.775. The molecule has 3 N–H and O–H groups in total. The minimum atomic E-state index is -0.186. The Kier molecular flexibility index (Phi) is 5.85. The van der Waals surface area contributed by atoms with Crippen LogP contribution < -0.4 is 20.3 Å². The van der Waals surface area contributed by atoms with Crippen molar-refractivity contribution in [3.8, 4) is 11.5 Å². The molecule has 0 aliphatic carbocycles. The van der Waals surface area contributed by atoms with Crippen molar-refractivity contribution in [1.29, 1.82) is 5.41 Å². The summed E-state index contributed by atoms with van der Waals surface area (Å²) in [5.41, 5.74) is 2.39. The number of nitrogens with zero attached hydrogens (tertiary/aromatic N) is 2. The molecule has 4 rings (SSSR count). The number of H-pyrrole nitrogens is 1. The van der Waals surface area contributed by atoms with Crippen molar-refractivity contribution in [1.82, 2.24) is 19.9 Å². The Balaban J connectivity index is 1.57. The normalized spacial score (nSPS) is 11.1. The number of aromatic amines is 1. The maximum Gasteiger partial charge on any atom is 0.267 e. The summed E-state index contributed by atoms with van der Waals surface area (Å²) in [4.78, 5) is 20.4. The van der Waals surface area contributed by atoms with E-state index >= 15 is 0 Å². The number of carbonyl (C=O) groups excluding carboxylic acids is 1. The van der Waals surface area contributed by atoms with Gasteiger partial charge >= 0.3 is 0 Å². The minimum absolute atomic E-state index is 0.186. The number of aromatic nitrogens is 3. The molecule has 0 spiro atoms. The van der Waals surface area contributed by atoms with E-state index in [0.717, 1.165) is 10.9 Å². The van der Waals surface area contributed by atoms with Crippen molar-refractivity contribution < 1.29 is 14.3 Å². The number of rotatable bonds is 7. The van der Waals surface area contributed by atoms with Crippen molar-refractivity contribution in [3.63, 3.8) is 0 Å². The Bertz CT molecular complexity index is 1300. The highest BCUT2D eigenvalue weighted by molar-refractivity contribution is 7.98. The number of ether oxygens (including phenoxy) is 2. The number of amides is 1. The first-order chi connectivity index (χ1) is 15.0. The van der Waals surface area contributed by atoms with Gasteiger partial charge in [-0.05, 0) is 24.5 Å². The molecule has 4 aromatic rings. The smallest absolute Gasteiger partial charge is 0.267 e. The van der Waals surface area contributed by atoms with Crippen LogP contribution in [0.1, 0.15) is 10.5 Å². The second-order valence-electron chi connectivity index (χ2n) is 6.85. The lowest BCUT2D eigenvalue weighted by molar-refractivity contribution is 0.0947. The average molecular weight is 438 g/mol. The molecule has 0 aliphatic rings. The van der Waals surface area contributed by atoms with Crippen LogP contribution in [0.4, 0.5) is 0 Å². The molecule has 0 saturated carbocycles. The van der Waals surface area contributed by atoms with E-state index in [9.17, 15) is 4.79 Å². The third-order valence-corrected chi connectivity index (χ3v) is 5.73.